The fourth-order valence-electron chi connectivity index (χ4n) is 0.936. The molecule has 6 nitrogen and oxygen atoms in total. The molecule has 0 unspecified atom stereocenters. The van der Waals surface area contributed by atoms with Gasteiger partial charge in [0.25, 0.3) is 0 Å². The van der Waals surface area contributed by atoms with Gasteiger partial charge in [0.15, 0.2) is 23.0 Å². The molecule has 8 heteroatoms. The van der Waals surface area contributed by atoms with E-state index < -0.39 is 39.3 Å². The summed E-state index contributed by atoms with van der Waals surface area (Å²) in [5.41, 5.74) is 11.3. The normalized spacial score (nSPS) is 10.1. The lowest BCUT2D eigenvalue weighted by atomic mass is 10.2. The summed E-state index contributed by atoms with van der Waals surface area (Å²) in [4.78, 5) is 9.26. The van der Waals surface area contributed by atoms with Gasteiger partial charge in [-0.25, -0.2) is 8.78 Å². The van der Waals surface area contributed by atoms with Crippen LogP contribution in [0.5, 0.6) is 0 Å². The van der Waals surface area contributed by atoms with E-state index in [0.717, 1.165) is 0 Å². The van der Waals surface area contributed by atoms with E-state index in [9.17, 15) is 18.9 Å². The summed E-state index contributed by atoms with van der Waals surface area (Å²) >= 11 is 0. The predicted octanol–water partition coefficient (Wildman–Crippen LogP) is 0.620. The first-order valence-electron chi connectivity index (χ1n) is 3.33. The van der Waals surface area contributed by atoms with Gasteiger partial charge in [-0.3, -0.25) is 10.1 Å². The van der Waals surface area contributed by atoms with Crippen LogP contribution in [0.2, 0.25) is 0 Å². The van der Waals surface area contributed by atoms with Crippen LogP contribution in [0.4, 0.5) is 31.5 Å². The zero-order valence-corrected chi connectivity index (χ0v) is 6.75. The molecule has 0 heterocycles. The number of nitrogen functional groups attached to an aromatic ring is 3. The lowest BCUT2D eigenvalue weighted by Gasteiger charge is -2.06. The van der Waals surface area contributed by atoms with E-state index in [1.807, 2.05) is 0 Å². The van der Waals surface area contributed by atoms with Gasteiger partial charge in [-0.2, -0.15) is 0 Å². The average Bonchev–Trinajstić information content (AvgIpc) is 2.11. The van der Waals surface area contributed by atoms with Gasteiger partial charge >= 0.3 is 5.69 Å². The summed E-state index contributed by atoms with van der Waals surface area (Å²) in [6.07, 6.45) is 0. The Balaban J connectivity index is 3.68. The number of nitro benzene ring substituents is 1. The molecule has 1 aromatic rings. The smallest absolute Gasteiger partial charge is 0.321 e. The highest BCUT2D eigenvalue weighted by Gasteiger charge is 2.27. The molecule has 0 spiro atoms. The molecule has 0 atom stereocenters. The second-order valence-corrected chi connectivity index (χ2v) is 2.47. The van der Waals surface area contributed by atoms with Crippen LogP contribution in [0.1, 0.15) is 0 Å². The minimum atomic E-state index is -1.37. The number of rotatable bonds is 1. The zero-order valence-electron chi connectivity index (χ0n) is 6.75. The number of halogens is 2. The largest absolute Gasteiger partial charge is 0.394 e. The molecule has 6 N–H and O–H groups in total. The van der Waals surface area contributed by atoms with Crippen LogP contribution >= 0.6 is 0 Å². The van der Waals surface area contributed by atoms with Crippen molar-refractivity contribution in [1.82, 2.24) is 0 Å². The molecule has 0 aliphatic heterocycles. The molecule has 0 radical (unpaired) electrons. The Bertz CT molecular complexity index is 392. The minimum absolute atomic E-state index is 0.869. The van der Waals surface area contributed by atoms with E-state index in [2.05, 4.69) is 0 Å². The van der Waals surface area contributed by atoms with Crippen LogP contribution in [0.25, 0.3) is 0 Å². The van der Waals surface area contributed by atoms with Gasteiger partial charge in [0.05, 0.1) is 4.92 Å². The van der Waals surface area contributed by atoms with Crippen LogP contribution in [-0.2, 0) is 0 Å². The zero-order chi connectivity index (χ0) is 11.0. The topological polar surface area (TPSA) is 121 Å². The maximum atomic E-state index is 12.9. The van der Waals surface area contributed by atoms with Gasteiger partial charge in [0, 0.05) is 0 Å². The fourth-order valence-corrected chi connectivity index (χ4v) is 0.936. The Hall–Kier alpha value is -2.12. The predicted molar refractivity (Wildman–Crippen MR) is 46.2 cm³/mol. The van der Waals surface area contributed by atoms with Crippen LogP contribution in [0.15, 0.2) is 0 Å². The fraction of sp³-hybridized carbons (Fsp3) is 0. The molecule has 0 saturated carbocycles. The Morgan fingerprint density at radius 1 is 1.00 bits per heavy atom. The molecule has 1 aromatic carbocycles. The first kappa shape index (κ1) is 9.96. The van der Waals surface area contributed by atoms with Crippen LogP contribution in [-0.4, -0.2) is 4.92 Å². The number of nitro groups is 1. The van der Waals surface area contributed by atoms with Crippen molar-refractivity contribution >= 4 is 22.7 Å². The van der Waals surface area contributed by atoms with Gasteiger partial charge < -0.3 is 17.2 Å². The Labute approximate surface area is 76.4 Å². The number of benzene rings is 1. The second kappa shape index (κ2) is 2.98. The van der Waals surface area contributed by atoms with Crippen molar-refractivity contribution in [2.24, 2.45) is 0 Å². The van der Waals surface area contributed by atoms with Crippen LogP contribution < -0.4 is 17.2 Å². The standard InChI is InChI=1S/C6H6F2N4O2/c7-1-3(9)2(8)5(11)6(4(1)10)12(13)14/h9-11H2. The highest BCUT2D eigenvalue weighted by Crippen LogP contribution is 2.37. The van der Waals surface area contributed by atoms with Crippen LogP contribution in [0, 0.1) is 21.7 Å². The first-order chi connectivity index (χ1) is 6.37. The van der Waals surface area contributed by atoms with Crippen molar-refractivity contribution < 1.29 is 13.7 Å². The van der Waals surface area contributed by atoms with Crippen molar-refractivity contribution in [1.29, 1.82) is 0 Å². The molecule has 0 amide bonds. The summed E-state index contributed by atoms with van der Waals surface area (Å²) < 4.78 is 25.9. The number of nitrogens with two attached hydrogens (primary N) is 3. The number of hydrogen-bond donors (Lipinski definition) is 3. The molecular formula is C6H6F2N4O2. The number of anilines is 3. The third kappa shape index (κ3) is 1.16. The SMILES string of the molecule is Nc1c(F)c(N)c([N+](=O)[O-])c(N)c1F. The van der Waals surface area contributed by atoms with Gasteiger partial charge in [-0.05, 0) is 0 Å². The molecule has 0 aliphatic rings. The number of hydrogen-bond acceptors (Lipinski definition) is 5. The molecule has 0 saturated heterocycles. The van der Waals surface area contributed by atoms with E-state index >= 15 is 0 Å². The molecule has 1 rings (SSSR count). The van der Waals surface area contributed by atoms with Crippen molar-refractivity contribution in [3.05, 3.63) is 21.7 Å². The molecule has 76 valence electrons. The van der Waals surface area contributed by atoms with Crippen molar-refractivity contribution in [3.8, 4) is 0 Å². The Morgan fingerprint density at radius 2 is 1.36 bits per heavy atom. The molecule has 0 aromatic heterocycles. The summed E-state index contributed by atoms with van der Waals surface area (Å²) in [6, 6.07) is 0. The highest BCUT2D eigenvalue weighted by molar-refractivity contribution is 5.79. The van der Waals surface area contributed by atoms with E-state index in [1.165, 1.54) is 0 Å². The van der Waals surface area contributed by atoms with Gasteiger partial charge in [0.2, 0.25) is 0 Å². The van der Waals surface area contributed by atoms with E-state index in [0.29, 0.717) is 0 Å². The molecule has 0 aliphatic carbocycles. The maximum Gasteiger partial charge on any atom is 0.321 e. The lowest BCUT2D eigenvalue weighted by molar-refractivity contribution is -0.383. The van der Waals surface area contributed by atoms with Crippen molar-refractivity contribution in [2.75, 3.05) is 17.2 Å². The number of nitrogens with zero attached hydrogens (tertiary/aromatic N) is 1. The highest BCUT2D eigenvalue weighted by atomic mass is 19.1. The van der Waals surface area contributed by atoms with Gasteiger partial charge in [-0.15, -0.1) is 0 Å². The van der Waals surface area contributed by atoms with Crippen molar-refractivity contribution in [3.63, 3.8) is 0 Å². The summed E-state index contributed by atoms with van der Waals surface area (Å²) in [5.74, 6) is -2.74. The summed E-state index contributed by atoms with van der Waals surface area (Å²) in [7, 11) is 0. The summed E-state index contributed by atoms with van der Waals surface area (Å²) in [5, 5.41) is 10.3. The lowest BCUT2D eigenvalue weighted by Crippen LogP contribution is -2.09. The van der Waals surface area contributed by atoms with Gasteiger partial charge in [0.1, 0.15) is 5.69 Å². The molecule has 0 fully saturated rings. The van der Waals surface area contributed by atoms with Gasteiger partial charge in [-0.1, -0.05) is 0 Å². The third-order valence-electron chi connectivity index (χ3n) is 1.64. The van der Waals surface area contributed by atoms with E-state index in [1.54, 1.807) is 0 Å². The molecule has 0 bridgehead atoms. The van der Waals surface area contributed by atoms with E-state index in [4.69, 9.17) is 17.2 Å². The van der Waals surface area contributed by atoms with Crippen molar-refractivity contribution in [2.45, 2.75) is 0 Å². The molecule has 14 heavy (non-hydrogen) atoms. The third-order valence-corrected chi connectivity index (χ3v) is 1.64. The van der Waals surface area contributed by atoms with E-state index in [-0.39, 0.29) is 0 Å². The molecular weight excluding hydrogens is 198 g/mol. The first-order valence-corrected chi connectivity index (χ1v) is 3.33. The minimum Gasteiger partial charge on any atom is -0.394 e. The maximum absolute atomic E-state index is 12.9. The summed E-state index contributed by atoms with van der Waals surface area (Å²) in [6.45, 7) is 0. The Kier molecular flexibility index (Phi) is 2.12. The average molecular weight is 204 g/mol. The monoisotopic (exact) mass is 204 g/mol. The second-order valence-electron chi connectivity index (χ2n) is 2.47. The quantitative estimate of drug-likeness (QED) is 0.351. The van der Waals surface area contributed by atoms with Crippen LogP contribution in [0.3, 0.4) is 0 Å². The Morgan fingerprint density at radius 3 is 1.64 bits per heavy atom.